The van der Waals surface area contributed by atoms with E-state index in [1.807, 2.05) is 12.1 Å². The Morgan fingerprint density at radius 1 is 0.447 bits per heavy atom. The first-order valence-corrected chi connectivity index (χ1v) is 12.9. The molecule has 0 aliphatic heterocycles. The van der Waals surface area contributed by atoms with Gasteiger partial charge in [-0.2, -0.15) is 0 Å². The predicted molar refractivity (Wildman–Crippen MR) is 156 cm³/mol. The molecule has 4 heteroatoms. The standard InChI is InChI=1S/C34H20N4/c1-2-11-21(12-3-1)31-24-15-6-8-17-26(24)35-34(36-31)38-28-18-9-7-16-25(28)30-32-23-14-5-4-13-22(23)27-19-10-20-29(33(30)38)37(27)32/h1-20H. The highest BCUT2D eigenvalue weighted by molar-refractivity contribution is 6.30. The van der Waals surface area contributed by atoms with Crippen LogP contribution in [0.25, 0.3) is 77.2 Å². The normalized spacial score (nSPS) is 12.2. The summed E-state index contributed by atoms with van der Waals surface area (Å²) in [4.78, 5) is 10.4. The largest absolute Gasteiger partial charge is 0.306 e. The van der Waals surface area contributed by atoms with Gasteiger partial charge in [-0.15, -0.1) is 0 Å². The number of pyridine rings is 1. The third-order valence-electron chi connectivity index (χ3n) is 7.86. The van der Waals surface area contributed by atoms with E-state index in [0.29, 0.717) is 5.95 Å². The molecular formula is C34H20N4. The number of aromatic nitrogens is 4. The summed E-state index contributed by atoms with van der Waals surface area (Å²) in [6.07, 6.45) is 0. The summed E-state index contributed by atoms with van der Waals surface area (Å²) in [5, 5.41) is 6.05. The van der Waals surface area contributed by atoms with Crippen molar-refractivity contribution in [3.05, 3.63) is 121 Å². The molecule has 0 spiro atoms. The smallest absolute Gasteiger partial charge is 0.235 e. The number of para-hydroxylation sites is 2. The average molecular weight is 485 g/mol. The molecule has 0 N–H and O–H groups in total. The van der Waals surface area contributed by atoms with Crippen LogP contribution >= 0.6 is 0 Å². The van der Waals surface area contributed by atoms with Gasteiger partial charge in [-0.25, -0.2) is 9.97 Å². The molecule has 5 aromatic heterocycles. The maximum atomic E-state index is 5.26. The van der Waals surface area contributed by atoms with E-state index in [4.69, 9.17) is 9.97 Å². The van der Waals surface area contributed by atoms with E-state index < -0.39 is 0 Å². The summed E-state index contributed by atoms with van der Waals surface area (Å²) in [7, 11) is 0. The Morgan fingerprint density at radius 2 is 1.11 bits per heavy atom. The van der Waals surface area contributed by atoms with Crippen molar-refractivity contribution in [2.75, 3.05) is 0 Å². The van der Waals surface area contributed by atoms with Crippen LogP contribution in [0.1, 0.15) is 0 Å². The van der Waals surface area contributed by atoms with Gasteiger partial charge in [0, 0.05) is 32.5 Å². The Kier molecular flexibility index (Phi) is 3.76. The number of benzene rings is 4. The van der Waals surface area contributed by atoms with Crippen molar-refractivity contribution in [3.63, 3.8) is 0 Å². The molecule has 176 valence electrons. The molecule has 0 saturated carbocycles. The van der Waals surface area contributed by atoms with Crippen LogP contribution in [0.15, 0.2) is 121 Å². The summed E-state index contributed by atoms with van der Waals surface area (Å²) >= 11 is 0. The second-order valence-electron chi connectivity index (χ2n) is 9.86. The lowest BCUT2D eigenvalue weighted by atomic mass is 10.1. The number of rotatable bonds is 2. The zero-order chi connectivity index (χ0) is 24.8. The van der Waals surface area contributed by atoms with Crippen LogP contribution in [0.3, 0.4) is 0 Å². The predicted octanol–water partition coefficient (Wildman–Crippen LogP) is 8.39. The van der Waals surface area contributed by atoms with Gasteiger partial charge >= 0.3 is 0 Å². The van der Waals surface area contributed by atoms with E-state index in [1.165, 1.54) is 32.6 Å². The second kappa shape index (κ2) is 7.17. The van der Waals surface area contributed by atoms with Crippen LogP contribution in [0.2, 0.25) is 0 Å². The number of hydrogen-bond acceptors (Lipinski definition) is 2. The quantitative estimate of drug-likeness (QED) is 0.247. The summed E-state index contributed by atoms with van der Waals surface area (Å²) in [6.45, 7) is 0. The Balaban J connectivity index is 1.51. The summed E-state index contributed by atoms with van der Waals surface area (Å²) < 4.78 is 4.68. The monoisotopic (exact) mass is 484 g/mol. The Hall–Kier alpha value is -5.22. The first kappa shape index (κ1) is 19.9. The molecule has 9 aromatic rings. The fraction of sp³-hybridized carbons (Fsp3) is 0. The molecule has 0 amide bonds. The van der Waals surface area contributed by atoms with E-state index in [0.717, 1.165) is 38.7 Å². The topological polar surface area (TPSA) is 35.1 Å². The molecule has 0 radical (unpaired) electrons. The molecule has 0 fully saturated rings. The zero-order valence-electron chi connectivity index (χ0n) is 20.3. The zero-order valence-corrected chi connectivity index (χ0v) is 20.3. The van der Waals surface area contributed by atoms with Crippen molar-refractivity contribution in [3.8, 4) is 17.2 Å². The van der Waals surface area contributed by atoms with Crippen molar-refractivity contribution in [1.29, 1.82) is 0 Å². The molecule has 4 nitrogen and oxygen atoms in total. The van der Waals surface area contributed by atoms with E-state index >= 15 is 0 Å². The van der Waals surface area contributed by atoms with Gasteiger partial charge in [0.05, 0.1) is 38.8 Å². The van der Waals surface area contributed by atoms with Crippen molar-refractivity contribution >= 4 is 60.0 Å². The molecule has 4 aromatic carbocycles. The molecular weight excluding hydrogens is 464 g/mol. The molecule has 0 saturated heterocycles. The first-order chi connectivity index (χ1) is 18.9. The maximum Gasteiger partial charge on any atom is 0.235 e. The highest BCUT2D eigenvalue weighted by Crippen LogP contribution is 2.44. The average Bonchev–Trinajstić information content (AvgIpc) is 3.62. The molecule has 0 aliphatic carbocycles. The lowest BCUT2D eigenvalue weighted by Gasteiger charge is -2.11. The van der Waals surface area contributed by atoms with E-state index in [-0.39, 0.29) is 0 Å². The summed E-state index contributed by atoms with van der Waals surface area (Å²) in [5.41, 5.74) is 8.86. The third-order valence-corrected chi connectivity index (χ3v) is 7.86. The summed E-state index contributed by atoms with van der Waals surface area (Å²) in [6, 6.07) is 42.6. The van der Waals surface area contributed by atoms with Gasteiger partial charge in [-0.1, -0.05) is 97.1 Å². The van der Waals surface area contributed by atoms with Gasteiger partial charge in [0.2, 0.25) is 5.95 Å². The number of fused-ring (bicyclic) bond motifs is 9. The molecule has 9 rings (SSSR count). The minimum Gasteiger partial charge on any atom is -0.306 e. The fourth-order valence-electron chi connectivity index (χ4n) is 6.34. The SMILES string of the molecule is c1ccc(-c2nc(-n3c4ccccc4c4c3c3cccc5c6ccccc6c4n53)nc3ccccc23)cc1. The van der Waals surface area contributed by atoms with Crippen LogP contribution < -0.4 is 0 Å². The van der Waals surface area contributed by atoms with Crippen LogP contribution in [0.5, 0.6) is 0 Å². The lowest BCUT2D eigenvalue weighted by molar-refractivity contribution is 1.02. The van der Waals surface area contributed by atoms with Gasteiger partial charge in [-0.3, -0.25) is 4.57 Å². The maximum absolute atomic E-state index is 5.26. The Labute approximate surface area is 217 Å². The van der Waals surface area contributed by atoms with Crippen LogP contribution in [0.4, 0.5) is 0 Å². The van der Waals surface area contributed by atoms with Crippen molar-refractivity contribution < 1.29 is 0 Å². The molecule has 5 heterocycles. The number of hydrogen-bond donors (Lipinski definition) is 0. The second-order valence-corrected chi connectivity index (χ2v) is 9.86. The highest BCUT2D eigenvalue weighted by atomic mass is 15.2. The minimum absolute atomic E-state index is 0.687. The summed E-state index contributed by atoms with van der Waals surface area (Å²) in [5.74, 6) is 0.687. The molecule has 38 heavy (non-hydrogen) atoms. The minimum atomic E-state index is 0.687. The molecule has 0 unspecified atom stereocenters. The molecule has 0 bridgehead atoms. The third kappa shape index (κ3) is 2.44. The van der Waals surface area contributed by atoms with Crippen LogP contribution in [0, 0.1) is 0 Å². The van der Waals surface area contributed by atoms with Crippen LogP contribution in [-0.4, -0.2) is 18.9 Å². The van der Waals surface area contributed by atoms with E-state index in [9.17, 15) is 0 Å². The Bertz CT molecular complexity index is 2340. The number of nitrogens with zero attached hydrogens (tertiary/aromatic N) is 4. The van der Waals surface area contributed by atoms with Crippen LogP contribution in [-0.2, 0) is 0 Å². The van der Waals surface area contributed by atoms with Gasteiger partial charge in [-0.05, 0) is 24.3 Å². The van der Waals surface area contributed by atoms with Gasteiger partial charge in [0.15, 0.2) is 0 Å². The van der Waals surface area contributed by atoms with Gasteiger partial charge < -0.3 is 4.40 Å². The van der Waals surface area contributed by atoms with E-state index in [1.54, 1.807) is 0 Å². The molecule has 0 aliphatic rings. The van der Waals surface area contributed by atoms with Crippen molar-refractivity contribution in [2.24, 2.45) is 0 Å². The van der Waals surface area contributed by atoms with Gasteiger partial charge in [0.25, 0.3) is 0 Å². The van der Waals surface area contributed by atoms with E-state index in [2.05, 4.69) is 118 Å². The Morgan fingerprint density at radius 3 is 1.97 bits per heavy atom. The van der Waals surface area contributed by atoms with Crippen molar-refractivity contribution in [2.45, 2.75) is 0 Å². The lowest BCUT2D eigenvalue weighted by Crippen LogP contribution is -2.03. The molecule has 0 atom stereocenters. The van der Waals surface area contributed by atoms with Gasteiger partial charge in [0.1, 0.15) is 0 Å². The van der Waals surface area contributed by atoms with Crippen molar-refractivity contribution in [1.82, 2.24) is 18.9 Å². The fourth-order valence-corrected chi connectivity index (χ4v) is 6.34. The highest BCUT2D eigenvalue weighted by Gasteiger charge is 2.25. The first-order valence-electron chi connectivity index (χ1n) is 12.9.